The number of nitrogens with zero attached hydrogens (tertiary/aromatic N) is 2. The molecule has 2 N–H and O–H groups in total. The van der Waals surface area contributed by atoms with Crippen LogP contribution < -0.4 is 10.6 Å². The first-order valence-corrected chi connectivity index (χ1v) is 9.69. The van der Waals surface area contributed by atoms with E-state index in [0.717, 1.165) is 33.8 Å². The first-order valence-electron chi connectivity index (χ1n) is 8.81. The number of benzene rings is 1. The summed E-state index contributed by atoms with van der Waals surface area (Å²) >= 11 is 1.28. The van der Waals surface area contributed by atoms with Gasteiger partial charge in [0.15, 0.2) is 5.16 Å². The lowest BCUT2D eigenvalue weighted by molar-refractivity contribution is -0.123. The molecular weight excluding hydrogens is 360 g/mol. The van der Waals surface area contributed by atoms with Crippen LogP contribution in [0.3, 0.4) is 0 Å². The number of aromatic nitrogens is 2. The molecule has 144 valence electrons. The summed E-state index contributed by atoms with van der Waals surface area (Å²) in [7, 11) is 0. The van der Waals surface area contributed by atoms with Crippen molar-refractivity contribution in [3.8, 4) is 0 Å². The minimum atomic E-state index is -0.403. The third kappa shape index (κ3) is 5.53. The predicted molar refractivity (Wildman–Crippen MR) is 109 cm³/mol. The number of hydrogen-bond acceptors (Lipinski definition) is 5. The second-order valence-electron chi connectivity index (χ2n) is 6.59. The molecule has 0 aliphatic rings. The molecule has 27 heavy (non-hydrogen) atoms. The zero-order valence-electron chi connectivity index (χ0n) is 16.6. The number of anilines is 1. The molecule has 0 fully saturated rings. The molecule has 0 saturated heterocycles. The van der Waals surface area contributed by atoms with Crippen LogP contribution in [0.2, 0.25) is 0 Å². The van der Waals surface area contributed by atoms with E-state index in [0.29, 0.717) is 5.16 Å². The molecule has 0 saturated carbocycles. The van der Waals surface area contributed by atoms with Crippen LogP contribution in [-0.2, 0) is 9.59 Å². The van der Waals surface area contributed by atoms with E-state index in [1.165, 1.54) is 11.8 Å². The summed E-state index contributed by atoms with van der Waals surface area (Å²) in [5.74, 6) is -0.479. The summed E-state index contributed by atoms with van der Waals surface area (Å²) in [5, 5.41) is 5.70. The van der Waals surface area contributed by atoms with Crippen LogP contribution in [0.25, 0.3) is 0 Å². The van der Waals surface area contributed by atoms with E-state index in [2.05, 4.69) is 20.6 Å². The van der Waals surface area contributed by atoms with Gasteiger partial charge in [-0.05, 0) is 58.2 Å². The number of carbonyl (C=O) groups is 2. The Hall–Kier alpha value is -2.41. The number of hydrogen-bond donors (Lipinski definition) is 2. The number of nitrogens with one attached hydrogen (secondary N) is 2. The summed E-state index contributed by atoms with van der Waals surface area (Å²) in [6.07, 6.45) is 0. The lowest BCUT2D eigenvalue weighted by atomic mass is 10.1. The number of thioether (sulfide) groups is 1. The monoisotopic (exact) mass is 386 g/mol. The fourth-order valence-electron chi connectivity index (χ4n) is 2.51. The maximum Gasteiger partial charge on any atom is 0.243 e. The van der Waals surface area contributed by atoms with Gasteiger partial charge in [0.25, 0.3) is 0 Å². The average molecular weight is 387 g/mol. The van der Waals surface area contributed by atoms with Gasteiger partial charge in [-0.15, -0.1) is 0 Å². The first-order chi connectivity index (χ1) is 12.7. The van der Waals surface area contributed by atoms with Gasteiger partial charge in [-0.3, -0.25) is 9.59 Å². The Morgan fingerprint density at radius 2 is 1.59 bits per heavy atom. The van der Waals surface area contributed by atoms with Crippen molar-refractivity contribution in [3.05, 3.63) is 46.3 Å². The quantitative estimate of drug-likeness (QED) is 0.588. The first kappa shape index (κ1) is 20.9. The van der Waals surface area contributed by atoms with Crippen molar-refractivity contribution in [2.75, 3.05) is 11.9 Å². The van der Waals surface area contributed by atoms with Crippen LogP contribution in [0.1, 0.15) is 35.0 Å². The van der Waals surface area contributed by atoms with Gasteiger partial charge < -0.3 is 10.6 Å². The smallest absolute Gasteiger partial charge is 0.243 e. The van der Waals surface area contributed by atoms with E-state index in [1.807, 2.05) is 52.8 Å². The van der Waals surface area contributed by atoms with Crippen LogP contribution >= 0.6 is 11.8 Å². The highest BCUT2D eigenvalue weighted by atomic mass is 32.2. The molecular formula is C20H26N4O2S. The van der Waals surface area contributed by atoms with E-state index >= 15 is 0 Å². The Labute approximate surface area is 164 Å². The Kier molecular flexibility index (Phi) is 6.96. The molecule has 2 aromatic rings. The van der Waals surface area contributed by atoms with Gasteiger partial charge in [0.05, 0.1) is 11.8 Å². The molecule has 1 aromatic heterocycles. The molecule has 0 spiro atoms. The lowest BCUT2D eigenvalue weighted by Gasteiger charge is -2.14. The van der Waals surface area contributed by atoms with Crippen LogP contribution in [0.15, 0.2) is 23.4 Å². The van der Waals surface area contributed by atoms with Crippen LogP contribution in [0.5, 0.6) is 0 Å². The maximum absolute atomic E-state index is 12.3. The summed E-state index contributed by atoms with van der Waals surface area (Å²) < 4.78 is 0. The number of rotatable bonds is 6. The van der Waals surface area contributed by atoms with Crippen molar-refractivity contribution >= 4 is 29.3 Å². The minimum absolute atomic E-state index is 0.0790. The lowest BCUT2D eigenvalue weighted by Crippen LogP contribution is -2.37. The van der Waals surface area contributed by atoms with Crippen LogP contribution in [0.4, 0.5) is 5.69 Å². The van der Waals surface area contributed by atoms with Gasteiger partial charge in [-0.25, -0.2) is 9.97 Å². The molecule has 1 atom stereocenters. The largest absolute Gasteiger partial charge is 0.346 e. The van der Waals surface area contributed by atoms with Crippen molar-refractivity contribution < 1.29 is 9.59 Å². The van der Waals surface area contributed by atoms with Crippen molar-refractivity contribution in [2.45, 2.75) is 51.9 Å². The Balaban J connectivity index is 1.90. The average Bonchev–Trinajstić information content (AvgIpc) is 2.60. The Morgan fingerprint density at radius 3 is 2.15 bits per heavy atom. The minimum Gasteiger partial charge on any atom is -0.346 e. The van der Waals surface area contributed by atoms with Gasteiger partial charge >= 0.3 is 0 Å². The highest BCUT2D eigenvalue weighted by molar-refractivity contribution is 8.00. The number of amides is 2. The van der Waals surface area contributed by atoms with Gasteiger partial charge in [0, 0.05) is 17.1 Å². The number of carbonyl (C=O) groups excluding carboxylic acids is 2. The molecule has 1 aromatic carbocycles. The summed E-state index contributed by atoms with van der Waals surface area (Å²) in [4.78, 5) is 33.3. The Morgan fingerprint density at radius 1 is 1.04 bits per heavy atom. The fraction of sp³-hybridized carbons (Fsp3) is 0.400. The van der Waals surface area contributed by atoms with Gasteiger partial charge in [0.2, 0.25) is 11.8 Å². The molecule has 2 amide bonds. The Bertz CT molecular complexity index is 824. The molecule has 7 heteroatoms. The maximum atomic E-state index is 12.3. The molecule has 6 nitrogen and oxygen atoms in total. The van der Waals surface area contributed by atoms with Crippen molar-refractivity contribution in [3.63, 3.8) is 0 Å². The molecule has 0 unspecified atom stereocenters. The molecule has 0 aliphatic heterocycles. The number of aryl methyl sites for hydroxylation is 4. The summed E-state index contributed by atoms with van der Waals surface area (Å²) in [5.41, 5.74) is 5.63. The normalized spacial score (nSPS) is 11.8. The predicted octanol–water partition coefficient (Wildman–Crippen LogP) is 3.25. The summed E-state index contributed by atoms with van der Waals surface area (Å²) in [6.45, 7) is 11.4. The fourth-order valence-corrected chi connectivity index (χ4v) is 3.40. The molecule has 0 bridgehead atoms. The third-order valence-corrected chi connectivity index (χ3v) is 5.39. The number of para-hydroxylation sites is 1. The van der Waals surface area contributed by atoms with Crippen LogP contribution in [0, 0.1) is 34.6 Å². The van der Waals surface area contributed by atoms with Crippen LogP contribution in [-0.4, -0.2) is 33.6 Å². The van der Waals surface area contributed by atoms with E-state index in [1.54, 1.807) is 6.92 Å². The zero-order valence-corrected chi connectivity index (χ0v) is 17.5. The van der Waals surface area contributed by atoms with Gasteiger partial charge in [-0.1, -0.05) is 30.0 Å². The van der Waals surface area contributed by atoms with Gasteiger partial charge in [0.1, 0.15) is 0 Å². The molecule has 1 heterocycles. The van der Waals surface area contributed by atoms with Crippen molar-refractivity contribution in [1.82, 2.24) is 15.3 Å². The van der Waals surface area contributed by atoms with Crippen molar-refractivity contribution in [1.29, 1.82) is 0 Å². The second kappa shape index (κ2) is 8.99. The van der Waals surface area contributed by atoms with E-state index < -0.39 is 5.25 Å². The van der Waals surface area contributed by atoms with E-state index in [9.17, 15) is 9.59 Å². The zero-order chi connectivity index (χ0) is 20.1. The van der Waals surface area contributed by atoms with Gasteiger partial charge in [-0.2, -0.15) is 0 Å². The third-order valence-electron chi connectivity index (χ3n) is 4.43. The second-order valence-corrected chi connectivity index (χ2v) is 7.90. The topological polar surface area (TPSA) is 84.0 Å². The molecule has 2 rings (SSSR count). The highest BCUT2D eigenvalue weighted by Gasteiger charge is 2.18. The van der Waals surface area contributed by atoms with Crippen molar-refractivity contribution in [2.24, 2.45) is 0 Å². The highest BCUT2D eigenvalue weighted by Crippen LogP contribution is 2.22. The van der Waals surface area contributed by atoms with E-state index in [-0.39, 0.29) is 18.4 Å². The molecule has 0 radical (unpaired) electrons. The molecule has 0 aliphatic carbocycles. The summed E-state index contributed by atoms with van der Waals surface area (Å²) in [6, 6.07) is 5.81. The standard InChI is InChI=1S/C20H26N4O2S/c1-11-8-7-9-12(2)18(11)24-17(25)10-21-19(26)16(6)27-20-22-14(4)13(3)15(5)23-20/h7-9,16H,10H2,1-6H3,(H,21,26)(H,24,25)/t16-/m1/s1. The van der Waals surface area contributed by atoms with E-state index in [4.69, 9.17) is 0 Å². The SMILES string of the molecule is Cc1cccc(C)c1NC(=O)CNC(=O)[C@@H](C)Sc1nc(C)c(C)c(C)n1.